The molecule has 1 amide bonds. The highest BCUT2D eigenvalue weighted by atomic mass is 16.4. The third-order valence-electron chi connectivity index (χ3n) is 1.48. The molecule has 0 aromatic carbocycles. The number of allylic oxidation sites excluding steroid dienone is 3. The topological polar surface area (TPSA) is 86.6 Å². The van der Waals surface area contributed by atoms with Crippen molar-refractivity contribution in [3.8, 4) is 0 Å². The van der Waals surface area contributed by atoms with Gasteiger partial charge in [0.25, 0.3) is 0 Å². The van der Waals surface area contributed by atoms with Crippen LogP contribution in [-0.2, 0) is 9.59 Å². The molecule has 0 aliphatic heterocycles. The fourth-order valence-corrected chi connectivity index (χ4v) is 0.807. The van der Waals surface area contributed by atoms with Gasteiger partial charge in [0.15, 0.2) is 0 Å². The zero-order chi connectivity index (χ0) is 14.6. The van der Waals surface area contributed by atoms with Gasteiger partial charge in [0, 0.05) is 12.2 Å². The second-order valence-corrected chi connectivity index (χ2v) is 2.65. The maximum Gasteiger partial charge on any atom is 0.328 e. The summed E-state index contributed by atoms with van der Waals surface area (Å²) in [5.74, 6) is -2.02. The summed E-state index contributed by atoms with van der Waals surface area (Å²) in [6.45, 7) is 9.00. The maximum atomic E-state index is 11.2. The molecule has 5 nitrogen and oxygen atoms in total. The predicted octanol–water partition coefficient (Wildman–Crippen LogP) is 2.30. The zero-order valence-corrected chi connectivity index (χ0v) is 10.8. The molecule has 0 unspecified atom stereocenters. The molecule has 5 heteroatoms. The summed E-state index contributed by atoms with van der Waals surface area (Å²) in [6, 6.07) is 0. The first-order chi connectivity index (χ1) is 8.51. The van der Waals surface area contributed by atoms with Gasteiger partial charge in [0.05, 0.1) is 5.70 Å². The molecule has 0 aliphatic carbocycles. The molecule has 0 aliphatic rings. The van der Waals surface area contributed by atoms with Crippen LogP contribution in [0, 0.1) is 0 Å². The van der Waals surface area contributed by atoms with E-state index in [0.29, 0.717) is 6.08 Å². The first-order valence-electron chi connectivity index (χ1n) is 5.41. The van der Waals surface area contributed by atoms with Gasteiger partial charge in [-0.3, -0.25) is 4.79 Å². The Morgan fingerprint density at radius 1 is 1.17 bits per heavy atom. The number of carbonyl (C=O) groups excluding carboxylic acids is 1. The van der Waals surface area contributed by atoms with E-state index in [-0.39, 0.29) is 11.5 Å². The molecular weight excluding hydrogens is 234 g/mol. The van der Waals surface area contributed by atoms with Gasteiger partial charge in [-0.2, -0.15) is 0 Å². The van der Waals surface area contributed by atoms with E-state index in [2.05, 4.69) is 11.9 Å². The van der Waals surface area contributed by atoms with Crippen LogP contribution >= 0.6 is 0 Å². The Labute approximate surface area is 107 Å². The zero-order valence-electron chi connectivity index (χ0n) is 10.8. The summed E-state index contributed by atoms with van der Waals surface area (Å²) in [7, 11) is 0. The standard InChI is InChI=1S/C11H13NO4.C2H6/c1-3-5-9(13)8(4-2)12-10(14)6-7-11(15)16;1-2/h3-7,13H,1H2,2H3,(H,12,14)(H,15,16);1-2H3/b7-6-,8-4+,9-5+;. The Morgan fingerprint density at radius 2 is 1.72 bits per heavy atom. The SMILES string of the molecule is C=C/C=C(O)\C(=C/C)NC(=O)/C=C\C(=O)O.CC. The summed E-state index contributed by atoms with van der Waals surface area (Å²) in [4.78, 5) is 21.3. The predicted molar refractivity (Wildman–Crippen MR) is 70.9 cm³/mol. The molecule has 0 aromatic heterocycles. The van der Waals surface area contributed by atoms with Crippen molar-refractivity contribution >= 4 is 11.9 Å². The lowest BCUT2D eigenvalue weighted by atomic mass is 10.3. The van der Waals surface area contributed by atoms with Gasteiger partial charge in [-0.05, 0) is 13.0 Å². The summed E-state index contributed by atoms with van der Waals surface area (Å²) in [6.07, 6.45) is 5.69. The summed E-state index contributed by atoms with van der Waals surface area (Å²) in [5, 5.41) is 20.0. The highest BCUT2D eigenvalue weighted by Crippen LogP contribution is 2.02. The maximum absolute atomic E-state index is 11.2. The first kappa shape index (κ1) is 18.1. The number of carboxylic acid groups (broad SMARTS) is 1. The van der Waals surface area contributed by atoms with Gasteiger partial charge >= 0.3 is 5.97 Å². The number of aliphatic hydroxyl groups is 1. The van der Waals surface area contributed by atoms with E-state index in [1.807, 2.05) is 13.8 Å². The van der Waals surface area contributed by atoms with Crippen LogP contribution in [0.15, 0.2) is 48.4 Å². The van der Waals surface area contributed by atoms with Crippen LogP contribution in [0.3, 0.4) is 0 Å². The van der Waals surface area contributed by atoms with Gasteiger partial charge < -0.3 is 15.5 Å². The Kier molecular flexibility index (Phi) is 11.2. The smallest absolute Gasteiger partial charge is 0.328 e. The van der Waals surface area contributed by atoms with Crippen molar-refractivity contribution < 1.29 is 19.8 Å². The molecule has 0 saturated heterocycles. The van der Waals surface area contributed by atoms with Crippen LogP contribution in [0.25, 0.3) is 0 Å². The molecule has 0 aromatic rings. The van der Waals surface area contributed by atoms with Crippen LogP contribution in [0.1, 0.15) is 20.8 Å². The lowest BCUT2D eigenvalue weighted by Gasteiger charge is -2.05. The fraction of sp³-hybridized carbons (Fsp3) is 0.231. The van der Waals surface area contributed by atoms with Crippen molar-refractivity contribution in [1.82, 2.24) is 5.32 Å². The molecule has 0 saturated carbocycles. The van der Waals surface area contributed by atoms with E-state index in [1.165, 1.54) is 18.2 Å². The van der Waals surface area contributed by atoms with Gasteiger partial charge in [-0.25, -0.2) is 4.79 Å². The van der Waals surface area contributed by atoms with Crippen LogP contribution in [0.5, 0.6) is 0 Å². The van der Waals surface area contributed by atoms with E-state index in [4.69, 9.17) is 5.11 Å². The number of carboxylic acids is 1. The first-order valence-corrected chi connectivity index (χ1v) is 5.41. The van der Waals surface area contributed by atoms with E-state index >= 15 is 0 Å². The van der Waals surface area contributed by atoms with Crippen molar-refractivity contribution in [2.45, 2.75) is 20.8 Å². The second-order valence-electron chi connectivity index (χ2n) is 2.65. The molecule has 0 bridgehead atoms. The molecule has 100 valence electrons. The van der Waals surface area contributed by atoms with Crippen molar-refractivity contribution in [2.75, 3.05) is 0 Å². The normalized spacial score (nSPS) is 11.5. The molecule has 0 rings (SSSR count). The van der Waals surface area contributed by atoms with Crippen molar-refractivity contribution in [1.29, 1.82) is 0 Å². The van der Waals surface area contributed by atoms with Gasteiger partial charge in [-0.1, -0.05) is 32.6 Å². The monoisotopic (exact) mass is 253 g/mol. The van der Waals surface area contributed by atoms with Crippen LogP contribution in [-0.4, -0.2) is 22.1 Å². The van der Waals surface area contributed by atoms with Crippen LogP contribution in [0.4, 0.5) is 0 Å². The summed E-state index contributed by atoms with van der Waals surface area (Å²) >= 11 is 0. The minimum atomic E-state index is -1.22. The van der Waals surface area contributed by atoms with E-state index in [1.54, 1.807) is 6.92 Å². The second kappa shape index (κ2) is 11.2. The van der Waals surface area contributed by atoms with Gasteiger partial charge in [-0.15, -0.1) is 0 Å². The molecule has 3 N–H and O–H groups in total. The molecule has 0 atom stereocenters. The Bertz CT molecular complexity index is 378. The molecule has 0 fully saturated rings. The molecule has 18 heavy (non-hydrogen) atoms. The average molecular weight is 253 g/mol. The highest BCUT2D eigenvalue weighted by molar-refractivity contribution is 5.94. The Balaban J connectivity index is 0. The van der Waals surface area contributed by atoms with Gasteiger partial charge in [0.1, 0.15) is 5.76 Å². The third-order valence-corrected chi connectivity index (χ3v) is 1.48. The molecular formula is C13H19NO4. The number of aliphatic hydroxyl groups excluding tert-OH is 1. The van der Waals surface area contributed by atoms with Crippen LogP contribution in [0.2, 0.25) is 0 Å². The lowest BCUT2D eigenvalue weighted by Crippen LogP contribution is -2.21. The number of hydrogen-bond acceptors (Lipinski definition) is 3. The quantitative estimate of drug-likeness (QED) is 0.398. The van der Waals surface area contributed by atoms with E-state index in [9.17, 15) is 14.7 Å². The molecule has 0 radical (unpaired) electrons. The van der Waals surface area contributed by atoms with E-state index in [0.717, 1.165) is 6.08 Å². The number of aliphatic carboxylic acids is 1. The summed E-state index contributed by atoms with van der Waals surface area (Å²) in [5.41, 5.74) is 0.180. The summed E-state index contributed by atoms with van der Waals surface area (Å²) < 4.78 is 0. The third kappa shape index (κ3) is 8.96. The van der Waals surface area contributed by atoms with Gasteiger partial charge in [0.2, 0.25) is 5.91 Å². The molecule has 0 heterocycles. The van der Waals surface area contributed by atoms with Crippen molar-refractivity contribution in [3.05, 3.63) is 48.4 Å². The number of rotatable bonds is 5. The fourth-order valence-electron chi connectivity index (χ4n) is 0.807. The van der Waals surface area contributed by atoms with Crippen molar-refractivity contribution in [3.63, 3.8) is 0 Å². The minimum Gasteiger partial charge on any atom is -0.506 e. The Hall–Kier alpha value is -2.30. The number of hydrogen-bond donors (Lipinski definition) is 3. The lowest BCUT2D eigenvalue weighted by molar-refractivity contribution is -0.131. The Morgan fingerprint density at radius 3 is 2.11 bits per heavy atom. The average Bonchev–Trinajstić information content (AvgIpc) is 2.36. The molecule has 0 spiro atoms. The van der Waals surface area contributed by atoms with Crippen molar-refractivity contribution in [2.24, 2.45) is 0 Å². The minimum absolute atomic E-state index is 0.158. The highest BCUT2D eigenvalue weighted by Gasteiger charge is 2.04. The number of carbonyl (C=O) groups is 2. The number of amides is 1. The number of nitrogens with one attached hydrogen (secondary N) is 1. The largest absolute Gasteiger partial charge is 0.506 e. The van der Waals surface area contributed by atoms with E-state index < -0.39 is 11.9 Å². The van der Waals surface area contributed by atoms with Crippen LogP contribution < -0.4 is 5.32 Å².